The molecule has 5 rings (SSSR count). The van der Waals surface area contributed by atoms with E-state index >= 15 is 0 Å². The van der Waals surface area contributed by atoms with Crippen molar-refractivity contribution in [3.63, 3.8) is 0 Å². The molecule has 5 aromatic rings. The Bertz CT molecular complexity index is 2110. The Labute approximate surface area is 286 Å². The van der Waals surface area contributed by atoms with Crippen molar-refractivity contribution < 1.29 is 15.3 Å². The van der Waals surface area contributed by atoms with Crippen LogP contribution in [-0.2, 0) is 0 Å². The topological polar surface area (TPSA) is 110 Å². The summed E-state index contributed by atoms with van der Waals surface area (Å²) >= 11 is 0. The third-order valence-corrected chi connectivity index (χ3v) is 7.48. The number of para-hydroxylation sites is 6. The number of aliphatic hydroxyl groups excluding tert-OH is 1. The highest BCUT2D eigenvalue weighted by Gasteiger charge is 2.14. The van der Waals surface area contributed by atoms with Gasteiger partial charge in [-0.1, -0.05) is 97.1 Å². The average molecular weight is 645 g/mol. The van der Waals surface area contributed by atoms with Crippen LogP contribution in [0.5, 0.6) is 11.5 Å². The lowest BCUT2D eigenvalue weighted by molar-refractivity contribution is 0.431. The number of nitrogens with zero attached hydrogens (tertiary/aromatic N) is 4. The standard InChI is InChI=1S/C42H36N4O3/c1-3-4-6-19-33(47)26-27-36(30-15-7-5-8-16-30)46-40-25-12-11-24-39(40)45-29-32-18-14-21-35(42(32)49)34-20-13-17-31(41(34)48)28-44-38-23-10-9-22-37(38)43-2/h3-26,28-29,47-49H,2,27H2,1H3/b4-3-,19-6-,33-26?,44-28?,45-29?,46-36?. The Morgan fingerprint density at radius 2 is 1.16 bits per heavy atom. The maximum Gasteiger partial charge on any atom is 0.132 e. The van der Waals surface area contributed by atoms with Gasteiger partial charge in [-0.3, -0.25) is 20.0 Å². The van der Waals surface area contributed by atoms with Crippen molar-refractivity contribution >= 4 is 47.6 Å². The summed E-state index contributed by atoms with van der Waals surface area (Å²) < 4.78 is 0. The average Bonchev–Trinajstić information content (AvgIpc) is 3.13. The molecular formula is C42H36N4O3. The van der Waals surface area contributed by atoms with Crippen LogP contribution in [0, 0.1) is 0 Å². The number of phenols is 2. The SMILES string of the molecule is C=Nc1ccccc1N=Cc1cccc(-c2cccc(C=Nc3ccccc3N=C(CC=C(O)/C=C\C=C/C)c3ccccc3)c2O)c1O. The molecule has 0 radical (unpaired) electrons. The van der Waals surface area contributed by atoms with E-state index < -0.39 is 0 Å². The van der Waals surface area contributed by atoms with Crippen molar-refractivity contribution in [2.24, 2.45) is 20.0 Å². The van der Waals surface area contributed by atoms with E-state index in [0.29, 0.717) is 51.4 Å². The molecule has 0 spiro atoms. The minimum atomic E-state index is -0.0330. The molecule has 5 aromatic carbocycles. The van der Waals surface area contributed by atoms with Crippen molar-refractivity contribution in [2.45, 2.75) is 13.3 Å². The van der Waals surface area contributed by atoms with Crippen molar-refractivity contribution in [3.05, 3.63) is 168 Å². The summed E-state index contributed by atoms with van der Waals surface area (Å²) in [5, 5.41) is 32.9. The van der Waals surface area contributed by atoms with E-state index in [9.17, 15) is 15.3 Å². The number of rotatable bonds is 12. The van der Waals surface area contributed by atoms with Gasteiger partial charge in [-0.05, 0) is 67.8 Å². The molecule has 0 fully saturated rings. The first kappa shape index (κ1) is 33.8. The molecule has 0 unspecified atom stereocenters. The Hall–Kier alpha value is -6.60. The van der Waals surface area contributed by atoms with E-state index in [2.05, 4.69) is 16.7 Å². The van der Waals surface area contributed by atoms with Crippen LogP contribution in [0.4, 0.5) is 22.7 Å². The first-order valence-electron chi connectivity index (χ1n) is 15.7. The molecule has 0 bridgehead atoms. The van der Waals surface area contributed by atoms with E-state index in [1.807, 2.05) is 97.9 Å². The molecule has 0 heterocycles. The Kier molecular flexibility index (Phi) is 11.6. The molecule has 3 N–H and O–H groups in total. The van der Waals surface area contributed by atoms with Gasteiger partial charge in [0.25, 0.3) is 0 Å². The molecule has 0 saturated carbocycles. The minimum absolute atomic E-state index is 0.0230. The van der Waals surface area contributed by atoms with Crippen LogP contribution in [0.15, 0.2) is 171 Å². The van der Waals surface area contributed by atoms with Crippen molar-refractivity contribution in [1.29, 1.82) is 0 Å². The molecule has 7 nitrogen and oxygen atoms in total. The fourth-order valence-corrected chi connectivity index (χ4v) is 4.96. The monoisotopic (exact) mass is 644 g/mol. The maximum absolute atomic E-state index is 11.4. The van der Waals surface area contributed by atoms with E-state index in [1.165, 1.54) is 0 Å². The lowest BCUT2D eigenvalue weighted by atomic mass is 9.98. The number of benzene rings is 5. The second-order valence-corrected chi connectivity index (χ2v) is 10.8. The summed E-state index contributed by atoms with van der Waals surface area (Å²) in [6.45, 7) is 5.50. The van der Waals surface area contributed by atoms with Gasteiger partial charge in [-0.25, -0.2) is 0 Å². The van der Waals surface area contributed by atoms with Gasteiger partial charge in [-0.15, -0.1) is 0 Å². The third kappa shape index (κ3) is 8.81. The number of hydrogen-bond donors (Lipinski definition) is 3. The molecule has 0 atom stereocenters. The first-order chi connectivity index (χ1) is 24.0. The zero-order chi connectivity index (χ0) is 34.4. The van der Waals surface area contributed by atoms with Crippen molar-refractivity contribution in [2.75, 3.05) is 0 Å². The summed E-state index contributed by atoms with van der Waals surface area (Å²) in [6, 6.07) is 35.1. The fourth-order valence-electron chi connectivity index (χ4n) is 4.96. The molecule has 7 heteroatoms. The maximum atomic E-state index is 11.4. The van der Waals surface area contributed by atoms with Gasteiger partial charge in [0, 0.05) is 41.1 Å². The van der Waals surface area contributed by atoms with Gasteiger partial charge in [0.2, 0.25) is 0 Å². The predicted octanol–water partition coefficient (Wildman–Crippen LogP) is 10.7. The highest BCUT2D eigenvalue weighted by atomic mass is 16.3. The zero-order valence-electron chi connectivity index (χ0n) is 27.1. The van der Waals surface area contributed by atoms with Crippen LogP contribution in [0.3, 0.4) is 0 Å². The van der Waals surface area contributed by atoms with Gasteiger partial charge in [0.05, 0.1) is 28.5 Å². The molecule has 0 saturated heterocycles. The number of aliphatic imine (C=N–C) groups is 4. The zero-order valence-corrected chi connectivity index (χ0v) is 27.1. The van der Waals surface area contributed by atoms with Crippen LogP contribution in [0.1, 0.15) is 30.0 Å². The Morgan fingerprint density at radius 3 is 1.73 bits per heavy atom. The molecule has 0 aliphatic heterocycles. The second kappa shape index (κ2) is 16.8. The minimum Gasteiger partial charge on any atom is -0.508 e. The van der Waals surface area contributed by atoms with Crippen molar-refractivity contribution in [3.8, 4) is 22.6 Å². The largest absolute Gasteiger partial charge is 0.508 e. The number of phenolic OH excluding ortho intramolecular Hbond substituents is 2. The second-order valence-electron chi connectivity index (χ2n) is 10.8. The quantitative estimate of drug-likeness (QED) is 0.0714. The molecule has 242 valence electrons. The van der Waals surface area contributed by atoms with Gasteiger partial charge in [0.1, 0.15) is 17.3 Å². The fraction of sp³-hybridized carbons (Fsp3) is 0.0476. The third-order valence-electron chi connectivity index (χ3n) is 7.48. The molecule has 0 aliphatic rings. The van der Waals surface area contributed by atoms with Crippen LogP contribution in [0.2, 0.25) is 0 Å². The van der Waals surface area contributed by atoms with E-state index in [1.54, 1.807) is 67.1 Å². The molecule has 0 amide bonds. The van der Waals surface area contributed by atoms with Gasteiger partial charge in [-0.2, -0.15) is 0 Å². The lowest BCUT2D eigenvalue weighted by Gasteiger charge is -2.11. The molecule has 49 heavy (non-hydrogen) atoms. The van der Waals surface area contributed by atoms with E-state index in [-0.39, 0.29) is 17.3 Å². The number of hydrogen-bond acceptors (Lipinski definition) is 7. The predicted molar refractivity (Wildman–Crippen MR) is 204 cm³/mol. The number of allylic oxidation sites excluding steroid dienone is 5. The van der Waals surface area contributed by atoms with E-state index in [0.717, 1.165) is 11.3 Å². The van der Waals surface area contributed by atoms with Crippen molar-refractivity contribution in [1.82, 2.24) is 0 Å². The Morgan fingerprint density at radius 1 is 0.633 bits per heavy atom. The summed E-state index contributed by atoms with van der Waals surface area (Å²) in [5.41, 5.74) is 5.98. The van der Waals surface area contributed by atoms with Gasteiger partial charge >= 0.3 is 0 Å². The number of aliphatic hydroxyl groups is 1. The Balaban J connectivity index is 1.45. The summed E-state index contributed by atoms with van der Waals surface area (Å²) in [6.07, 6.45) is 12.4. The summed E-state index contributed by atoms with van der Waals surface area (Å²) in [7, 11) is 0. The van der Waals surface area contributed by atoms with Crippen LogP contribution < -0.4 is 0 Å². The van der Waals surface area contributed by atoms with E-state index in [4.69, 9.17) is 9.98 Å². The van der Waals surface area contributed by atoms with Gasteiger partial charge in [0.15, 0.2) is 0 Å². The van der Waals surface area contributed by atoms with Crippen LogP contribution >= 0.6 is 0 Å². The smallest absolute Gasteiger partial charge is 0.132 e. The highest BCUT2D eigenvalue weighted by molar-refractivity contribution is 6.03. The summed E-state index contributed by atoms with van der Waals surface area (Å²) in [5.74, 6) is 0.0853. The van der Waals surface area contributed by atoms with Crippen LogP contribution in [0.25, 0.3) is 11.1 Å². The van der Waals surface area contributed by atoms with Crippen LogP contribution in [-0.4, -0.2) is 40.2 Å². The lowest BCUT2D eigenvalue weighted by Crippen LogP contribution is -1.99. The molecular weight excluding hydrogens is 608 g/mol. The van der Waals surface area contributed by atoms with Gasteiger partial charge < -0.3 is 15.3 Å². The molecule has 0 aliphatic carbocycles. The highest BCUT2D eigenvalue weighted by Crippen LogP contribution is 2.39. The normalized spacial score (nSPS) is 12.5. The number of aromatic hydroxyl groups is 2. The first-order valence-corrected chi connectivity index (χ1v) is 15.7. The summed E-state index contributed by atoms with van der Waals surface area (Å²) in [4.78, 5) is 18.2. The molecule has 0 aromatic heterocycles.